The normalized spacial score (nSPS) is 19.8. The lowest BCUT2D eigenvalue weighted by Crippen LogP contribution is -2.30. The molecule has 0 aliphatic carbocycles. The van der Waals surface area contributed by atoms with Crippen molar-refractivity contribution in [1.82, 2.24) is 9.29 Å². The Hall–Kier alpha value is -1.43. The second-order valence-corrected chi connectivity index (χ2v) is 7.25. The molecule has 1 aromatic carbocycles. The predicted molar refractivity (Wildman–Crippen MR) is 81.6 cm³/mol. The van der Waals surface area contributed by atoms with Gasteiger partial charge in [0.2, 0.25) is 10.0 Å². The summed E-state index contributed by atoms with van der Waals surface area (Å²) in [5.41, 5.74) is 0.970. The fraction of sp³-hybridized carbons (Fsp3) is 0.267. The number of benzene rings is 1. The Bertz CT molecular complexity index is 734. The van der Waals surface area contributed by atoms with Crippen molar-refractivity contribution < 1.29 is 8.42 Å². The van der Waals surface area contributed by atoms with Gasteiger partial charge in [0.05, 0.1) is 11.1 Å². The van der Waals surface area contributed by atoms with Crippen LogP contribution in [0, 0.1) is 0 Å². The maximum atomic E-state index is 12.9. The van der Waals surface area contributed by atoms with E-state index < -0.39 is 10.0 Å². The van der Waals surface area contributed by atoms with Gasteiger partial charge in [-0.2, -0.15) is 4.31 Å². The number of hydrogen-bond acceptors (Lipinski definition) is 3. The van der Waals surface area contributed by atoms with Gasteiger partial charge < -0.3 is 0 Å². The highest BCUT2D eigenvalue weighted by molar-refractivity contribution is 7.89. The minimum atomic E-state index is -3.59. The third kappa shape index (κ3) is 2.69. The lowest BCUT2D eigenvalue weighted by molar-refractivity contribution is 0.396. The van der Waals surface area contributed by atoms with Gasteiger partial charge in [-0.1, -0.05) is 23.7 Å². The first-order valence-electron chi connectivity index (χ1n) is 6.77. The Morgan fingerprint density at radius 1 is 1.14 bits per heavy atom. The van der Waals surface area contributed by atoms with Crippen LogP contribution >= 0.6 is 11.6 Å². The predicted octanol–water partition coefficient (Wildman–Crippen LogP) is 3.26. The van der Waals surface area contributed by atoms with Crippen molar-refractivity contribution in [3.05, 3.63) is 59.4 Å². The van der Waals surface area contributed by atoms with Crippen molar-refractivity contribution in [2.24, 2.45) is 0 Å². The summed E-state index contributed by atoms with van der Waals surface area (Å²) in [6.45, 7) is 0.514. The number of aromatic nitrogens is 1. The van der Waals surface area contributed by atoms with Gasteiger partial charge in [-0.05, 0) is 42.7 Å². The van der Waals surface area contributed by atoms with E-state index in [4.69, 9.17) is 11.6 Å². The third-order valence-corrected chi connectivity index (χ3v) is 6.13. The zero-order valence-electron chi connectivity index (χ0n) is 11.3. The molecule has 2 heterocycles. The van der Waals surface area contributed by atoms with Crippen LogP contribution in [-0.2, 0) is 10.0 Å². The van der Waals surface area contributed by atoms with Gasteiger partial charge in [-0.25, -0.2) is 8.42 Å². The van der Waals surface area contributed by atoms with Crippen LogP contribution in [0.3, 0.4) is 0 Å². The molecule has 21 heavy (non-hydrogen) atoms. The topological polar surface area (TPSA) is 50.3 Å². The summed E-state index contributed by atoms with van der Waals surface area (Å²) in [6, 6.07) is 10.2. The lowest BCUT2D eigenvalue weighted by atomic mass is 10.1. The number of nitrogens with zero attached hydrogens (tertiary/aromatic N) is 2. The number of pyridine rings is 1. The molecule has 2 aromatic rings. The summed E-state index contributed by atoms with van der Waals surface area (Å²) in [4.78, 5) is 4.16. The van der Waals surface area contributed by atoms with Crippen LogP contribution < -0.4 is 0 Å². The maximum absolute atomic E-state index is 12.9. The molecule has 1 aliphatic rings. The van der Waals surface area contributed by atoms with E-state index in [0.29, 0.717) is 6.54 Å². The quantitative estimate of drug-likeness (QED) is 0.871. The van der Waals surface area contributed by atoms with E-state index in [-0.39, 0.29) is 16.0 Å². The van der Waals surface area contributed by atoms with Crippen molar-refractivity contribution in [3.8, 4) is 0 Å². The fourth-order valence-electron chi connectivity index (χ4n) is 2.73. The Morgan fingerprint density at radius 3 is 2.57 bits per heavy atom. The molecule has 0 bridgehead atoms. The molecule has 1 saturated heterocycles. The molecule has 1 atom stereocenters. The second-order valence-electron chi connectivity index (χ2n) is 4.98. The van der Waals surface area contributed by atoms with Gasteiger partial charge in [0.1, 0.15) is 4.90 Å². The zero-order valence-corrected chi connectivity index (χ0v) is 12.9. The van der Waals surface area contributed by atoms with Gasteiger partial charge >= 0.3 is 0 Å². The largest absolute Gasteiger partial charge is 0.265 e. The van der Waals surface area contributed by atoms with Gasteiger partial charge in [0.15, 0.2) is 0 Å². The average molecular weight is 323 g/mol. The highest BCUT2D eigenvalue weighted by Crippen LogP contribution is 2.37. The van der Waals surface area contributed by atoms with E-state index >= 15 is 0 Å². The number of halogens is 1. The lowest BCUT2D eigenvalue weighted by Gasteiger charge is -2.24. The van der Waals surface area contributed by atoms with Crippen molar-refractivity contribution >= 4 is 21.6 Å². The number of hydrogen-bond donors (Lipinski definition) is 0. The Morgan fingerprint density at radius 2 is 1.86 bits per heavy atom. The minimum Gasteiger partial charge on any atom is -0.265 e. The highest BCUT2D eigenvalue weighted by atomic mass is 35.5. The van der Waals surface area contributed by atoms with E-state index in [1.807, 2.05) is 12.1 Å². The molecular formula is C15H15ClN2O2S. The van der Waals surface area contributed by atoms with Crippen LogP contribution in [0.2, 0.25) is 5.02 Å². The van der Waals surface area contributed by atoms with Crippen molar-refractivity contribution in [2.75, 3.05) is 6.54 Å². The molecule has 0 spiro atoms. The molecule has 1 aromatic heterocycles. The summed E-state index contributed by atoms with van der Waals surface area (Å²) in [5.74, 6) is 0. The van der Waals surface area contributed by atoms with Crippen LogP contribution in [-0.4, -0.2) is 24.3 Å². The molecule has 0 N–H and O–H groups in total. The molecular weight excluding hydrogens is 308 g/mol. The van der Waals surface area contributed by atoms with E-state index in [9.17, 15) is 8.42 Å². The van der Waals surface area contributed by atoms with Crippen molar-refractivity contribution in [1.29, 1.82) is 0 Å². The molecule has 6 heteroatoms. The molecule has 3 rings (SSSR count). The standard InChI is InChI=1S/C15H15ClN2O2S/c16-13-4-1-2-6-15(13)21(19,20)18-11-3-5-14(18)12-7-9-17-10-8-12/h1-2,4,6-10,14H,3,5,11H2/t14-/m0/s1. The Labute approximate surface area is 129 Å². The summed E-state index contributed by atoms with van der Waals surface area (Å²) in [5, 5.41) is 0.262. The average Bonchev–Trinajstić information content (AvgIpc) is 2.99. The molecule has 1 fully saturated rings. The van der Waals surface area contributed by atoms with Gasteiger partial charge in [0.25, 0.3) is 0 Å². The molecule has 0 saturated carbocycles. The molecule has 0 radical (unpaired) electrons. The van der Waals surface area contributed by atoms with Gasteiger partial charge in [0, 0.05) is 18.9 Å². The van der Waals surface area contributed by atoms with Crippen molar-refractivity contribution in [3.63, 3.8) is 0 Å². The van der Waals surface area contributed by atoms with Crippen LogP contribution in [0.1, 0.15) is 24.4 Å². The summed E-state index contributed by atoms with van der Waals surface area (Å²) >= 11 is 6.07. The van der Waals surface area contributed by atoms with E-state index in [2.05, 4.69) is 4.98 Å². The van der Waals surface area contributed by atoms with Crippen LogP contribution in [0.4, 0.5) is 0 Å². The number of rotatable bonds is 3. The first-order valence-corrected chi connectivity index (χ1v) is 8.59. The SMILES string of the molecule is O=S(=O)(c1ccccc1Cl)N1CCC[C@H]1c1ccncc1. The molecule has 0 amide bonds. The van der Waals surface area contributed by atoms with Crippen LogP contribution in [0.25, 0.3) is 0 Å². The minimum absolute atomic E-state index is 0.144. The molecule has 0 unspecified atom stereocenters. The van der Waals surface area contributed by atoms with Crippen LogP contribution in [0.15, 0.2) is 53.7 Å². The summed E-state index contributed by atoms with van der Waals surface area (Å²) in [6.07, 6.45) is 5.03. The number of sulfonamides is 1. The van der Waals surface area contributed by atoms with E-state index in [0.717, 1.165) is 18.4 Å². The molecule has 4 nitrogen and oxygen atoms in total. The second kappa shape index (κ2) is 5.75. The van der Waals surface area contributed by atoms with Gasteiger partial charge in [-0.15, -0.1) is 0 Å². The first kappa shape index (κ1) is 14.5. The Kier molecular flexibility index (Phi) is 3.97. The molecule has 1 aliphatic heterocycles. The first-order chi connectivity index (χ1) is 10.1. The molecule has 110 valence electrons. The van der Waals surface area contributed by atoms with Gasteiger partial charge in [-0.3, -0.25) is 4.98 Å². The summed E-state index contributed by atoms with van der Waals surface area (Å²) in [7, 11) is -3.59. The Balaban J connectivity index is 2.01. The van der Waals surface area contributed by atoms with Crippen molar-refractivity contribution in [2.45, 2.75) is 23.8 Å². The van der Waals surface area contributed by atoms with E-state index in [1.165, 1.54) is 0 Å². The highest BCUT2D eigenvalue weighted by Gasteiger charge is 2.36. The van der Waals surface area contributed by atoms with Crippen LogP contribution in [0.5, 0.6) is 0 Å². The summed E-state index contributed by atoms with van der Waals surface area (Å²) < 4.78 is 27.3. The van der Waals surface area contributed by atoms with E-state index in [1.54, 1.807) is 41.0 Å². The monoisotopic (exact) mass is 322 g/mol. The zero-order chi connectivity index (χ0) is 14.9. The third-order valence-electron chi connectivity index (χ3n) is 3.72. The maximum Gasteiger partial charge on any atom is 0.245 e. The fourth-order valence-corrected chi connectivity index (χ4v) is 4.90. The smallest absolute Gasteiger partial charge is 0.245 e.